The number of fused-ring (bicyclic) bond motifs is 1. The van der Waals surface area contributed by atoms with Gasteiger partial charge in [-0.25, -0.2) is 26.5 Å². The number of ether oxygens (including phenoxy) is 1. The summed E-state index contributed by atoms with van der Waals surface area (Å²) < 4.78 is 59.1. The van der Waals surface area contributed by atoms with E-state index in [0.717, 1.165) is 19.2 Å². The average molecular weight is 539 g/mol. The minimum atomic E-state index is -3.37. The van der Waals surface area contributed by atoms with Crippen molar-refractivity contribution in [2.75, 3.05) is 36.6 Å². The van der Waals surface area contributed by atoms with Crippen LogP contribution in [0.1, 0.15) is 30.1 Å². The number of anilines is 2. The SMILES string of the molecule is CCS(=O)(=O)N1CCCC(C(=O)Nc2nc3ccc(NC(=O)c4ccc(F)c(OC)c4F)cc3s2)C1. The van der Waals surface area contributed by atoms with E-state index in [0.29, 0.717) is 40.4 Å². The molecule has 9 nitrogen and oxygen atoms in total. The van der Waals surface area contributed by atoms with Crippen molar-refractivity contribution in [1.82, 2.24) is 9.29 Å². The van der Waals surface area contributed by atoms with Crippen LogP contribution in [-0.4, -0.2) is 55.5 Å². The molecule has 0 bridgehead atoms. The Labute approximate surface area is 210 Å². The summed E-state index contributed by atoms with van der Waals surface area (Å²) in [6.07, 6.45) is 1.17. The molecule has 1 aliphatic heterocycles. The lowest BCUT2D eigenvalue weighted by Crippen LogP contribution is -2.44. The number of amides is 2. The van der Waals surface area contributed by atoms with Gasteiger partial charge in [0, 0.05) is 18.8 Å². The molecule has 0 spiro atoms. The molecule has 0 saturated carbocycles. The number of hydrogen-bond acceptors (Lipinski definition) is 7. The Morgan fingerprint density at radius 2 is 2.00 bits per heavy atom. The highest BCUT2D eigenvalue weighted by molar-refractivity contribution is 7.89. The minimum absolute atomic E-state index is 0.0145. The second-order valence-corrected chi connectivity index (χ2v) is 11.5. The molecule has 13 heteroatoms. The number of hydrogen-bond donors (Lipinski definition) is 2. The summed E-state index contributed by atoms with van der Waals surface area (Å²) in [4.78, 5) is 29.7. The highest BCUT2D eigenvalue weighted by atomic mass is 32.2. The van der Waals surface area contributed by atoms with Crippen molar-refractivity contribution in [1.29, 1.82) is 0 Å². The van der Waals surface area contributed by atoms with Gasteiger partial charge in [0.15, 0.2) is 22.5 Å². The fourth-order valence-electron chi connectivity index (χ4n) is 3.95. The van der Waals surface area contributed by atoms with Gasteiger partial charge in [-0.1, -0.05) is 11.3 Å². The molecule has 2 aromatic carbocycles. The molecular formula is C23H24F2N4O5S2. The van der Waals surface area contributed by atoms with Gasteiger partial charge in [-0.05, 0) is 50.1 Å². The van der Waals surface area contributed by atoms with Crippen LogP contribution in [0.4, 0.5) is 19.6 Å². The van der Waals surface area contributed by atoms with Crippen LogP contribution in [0.15, 0.2) is 30.3 Å². The summed E-state index contributed by atoms with van der Waals surface area (Å²) in [6.45, 7) is 2.11. The quantitative estimate of drug-likeness (QED) is 0.472. The molecule has 0 aliphatic carbocycles. The van der Waals surface area contributed by atoms with Crippen molar-refractivity contribution in [2.24, 2.45) is 5.92 Å². The van der Waals surface area contributed by atoms with Crippen LogP contribution in [0.25, 0.3) is 10.2 Å². The van der Waals surface area contributed by atoms with E-state index in [2.05, 4.69) is 20.4 Å². The number of thiazole rings is 1. The summed E-state index contributed by atoms with van der Waals surface area (Å²) in [5.41, 5.74) is 0.545. The van der Waals surface area contributed by atoms with Crippen LogP contribution in [0.3, 0.4) is 0 Å². The van der Waals surface area contributed by atoms with Crippen LogP contribution in [0.2, 0.25) is 0 Å². The lowest BCUT2D eigenvalue weighted by Gasteiger charge is -2.30. The first-order chi connectivity index (χ1) is 17.1. The molecule has 1 unspecified atom stereocenters. The van der Waals surface area contributed by atoms with Gasteiger partial charge >= 0.3 is 0 Å². The molecule has 1 aromatic heterocycles. The van der Waals surface area contributed by atoms with Gasteiger partial charge in [-0.2, -0.15) is 0 Å². The Kier molecular flexibility index (Phi) is 7.52. The molecule has 2 amide bonds. The van der Waals surface area contributed by atoms with E-state index in [-0.39, 0.29) is 23.8 Å². The summed E-state index contributed by atoms with van der Waals surface area (Å²) in [5, 5.41) is 5.66. The Morgan fingerprint density at radius 3 is 2.72 bits per heavy atom. The predicted molar refractivity (Wildman–Crippen MR) is 133 cm³/mol. The Balaban J connectivity index is 1.46. The highest BCUT2D eigenvalue weighted by Gasteiger charge is 2.31. The first-order valence-corrected chi connectivity index (χ1v) is 13.6. The maximum absolute atomic E-state index is 14.4. The van der Waals surface area contributed by atoms with Crippen molar-refractivity contribution in [2.45, 2.75) is 19.8 Å². The van der Waals surface area contributed by atoms with E-state index in [1.807, 2.05) is 0 Å². The van der Waals surface area contributed by atoms with Crippen molar-refractivity contribution < 1.29 is 31.5 Å². The van der Waals surface area contributed by atoms with E-state index in [1.54, 1.807) is 25.1 Å². The lowest BCUT2D eigenvalue weighted by atomic mass is 9.99. The molecule has 1 saturated heterocycles. The van der Waals surface area contributed by atoms with E-state index in [9.17, 15) is 26.8 Å². The number of aromatic nitrogens is 1. The molecule has 1 aliphatic rings. The average Bonchev–Trinajstić information content (AvgIpc) is 3.25. The smallest absolute Gasteiger partial charge is 0.258 e. The molecule has 36 heavy (non-hydrogen) atoms. The zero-order chi connectivity index (χ0) is 26.0. The number of benzene rings is 2. The predicted octanol–water partition coefficient (Wildman–Crippen LogP) is 3.84. The standard InChI is InChI=1S/C23H24F2N4O5S2/c1-3-36(32,33)29-10-4-5-13(12-29)21(30)28-23-27-17-9-6-14(11-18(17)35-23)26-22(31)15-7-8-16(24)20(34-2)19(15)25/h6-9,11,13H,3-5,10,12H2,1-2H3,(H,26,31)(H,27,28,30). The van der Waals surface area contributed by atoms with E-state index in [4.69, 9.17) is 0 Å². The zero-order valence-corrected chi connectivity index (χ0v) is 21.1. The van der Waals surface area contributed by atoms with Crippen molar-refractivity contribution >= 4 is 54.2 Å². The van der Waals surface area contributed by atoms with Gasteiger partial charge in [0.05, 0.1) is 34.6 Å². The number of sulfonamides is 1. The first kappa shape index (κ1) is 25.9. The molecule has 3 aromatic rings. The lowest BCUT2D eigenvalue weighted by molar-refractivity contribution is -0.120. The number of piperidine rings is 1. The second kappa shape index (κ2) is 10.4. The fourth-order valence-corrected chi connectivity index (χ4v) is 6.04. The van der Waals surface area contributed by atoms with Gasteiger partial charge in [-0.15, -0.1) is 0 Å². The summed E-state index contributed by atoms with van der Waals surface area (Å²) in [5.74, 6) is -4.25. The molecular weight excluding hydrogens is 514 g/mol. The van der Waals surface area contributed by atoms with Gasteiger partial charge in [0.2, 0.25) is 15.9 Å². The summed E-state index contributed by atoms with van der Waals surface area (Å²) in [6, 6.07) is 6.80. The number of nitrogens with one attached hydrogen (secondary N) is 2. The third-order valence-corrected chi connectivity index (χ3v) is 8.67. The van der Waals surface area contributed by atoms with Crippen molar-refractivity contribution in [3.8, 4) is 5.75 Å². The second-order valence-electron chi connectivity index (χ2n) is 8.18. The number of halogens is 2. The molecule has 2 N–H and O–H groups in total. The normalized spacial score (nSPS) is 16.6. The third-order valence-electron chi connectivity index (χ3n) is 5.89. The van der Waals surface area contributed by atoms with E-state index >= 15 is 0 Å². The number of nitrogens with zero attached hydrogens (tertiary/aromatic N) is 2. The van der Waals surface area contributed by atoms with Crippen molar-refractivity contribution in [3.63, 3.8) is 0 Å². The first-order valence-electron chi connectivity index (χ1n) is 11.2. The Hall–Kier alpha value is -3.16. The van der Waals surface area contributed by atoms with Crippen LogP contribution < -0.4 is 15.4 Å². The molecule has 2 heterocycles. The Morgan fingerprint density at radius 1 is 1.22 bits per heavy atom. The summed E-state index contributed by atoms with van der Waals surface area (Å²) >= 11 is 1.18. The van der Waals surface area contributed by atoms with E-state index in [1.165, 1.54) is 15.6 Å². The maximum atomic E-state index is 14.4. The van der Waals surface area contributed by atoms with E-state index < -0.39 is 39.2 Å². The van der Waals surface area contributed by atoms with Gasteiger partial charge in [0.1, 0.15) is 0 Å². The molecule has 192 valence electrons. The largest absolute Gasteiger partial charge is 0.491 e. The highest BCUT2D eigenvalue weighted by Crippen LogP contribution is 2.30. The zero-order valence-electron chi connectivity index (χ0n) is 19.5. The van der Waals surface area contributed by atoms with Gasteiger partial charge < -0.3 is 15.4 Å². The van der Waals surface area contributed by atoms with Crippen molar-refractivity contribution in [3.05, 3.63) is 47.5 Å². The number of rotatable bonds is 7. The number of carbonyl (C=O) groups excluding carboxylic acids is 2. The summed E-state index contributed by atoms with van der Waals surface area (Å²) in [7, 11) is -2.26. The topological polar surface area (TPSA) is 118 Å². The van der Waals surface area contributed by atoms with Gasteiger partial charge in [-0.3, -0.25) is 9.59 Å². The molecule has 1 atom stereocenters. The monoisotopic (exact) mass is 538 g/mol. The Bertz CT molecular complexity index is 1430. The van der Waals surface area contributed by atoms with Crippen LogP contribution in [-0.2, 0) is 14.8 Å². The van der Waals surface area contributed by atoms with Gasteiger partial charge in [0.25, 0.3) is 5.91 Å². The van der Waals surface area contributed by atoms with Crippen LogP contribution in [0.5, 0.6) is 5.75 Å². The maximum Gasteiger partial charge on any atom is 0.258 e. The molecule has 0 radical (unpaired) electrons. The molecule has 1 fully saturated rings. The number of methoxy groups -OCH3 is 1. The van der Waals surface area contributed by atoms with Crippen LogP contribution in [0, 0.1) is 17.6 Å². The third kappa shape index (κ3) is 5.32. The van der Waals surface area contributed by atoms with Crippen LogP contribution >= 0.6 is 11.3 Å². The fraction of sp³-hybridized carbons (Fsp3) is 0.348. The minimum Gasteiger partial charge on any atom is -0.491 e. The molecule has 4 rings (SSSR count). The number of carbonyl (C=O) groups is 2.